The minimum Gasteiger partial charge on any atom is -0.316 e. The van der Waals surface area contributed by atoms with Crippen molar-refractivity contribution >= 4 is 0 Å². The van der Waals surface area contributed by atoms with Crippen molar-refractivity contribution in [1.82, 2.24) is 5.32 Å². The summed E-state index contributed by atoms with van der Waals surface area (Å²) < 4.78 is 35.1. The maximum absolute atomic E-state index is 11.7. The van der Waals surface area contributed by atoms with Crippen LogP contribution in [-0.2, 0) is 0 Å². The van der Waals surface area contributed by atoms with E-state index in [1.165, 1.54) is 6.08 Å². The molecular weight excluding hydrogens is 179 g/mol. The molecular formula is C9H14F3N. The topological polar surface area (TPSA) is 12.0 Å². The molecule has 0 aliphatic carbocycles. The average Bonchev–Trinajstić information content (AvgIpc) is 2.01. The summed E-state index contributed by atoms with van der Waals surface area (Å²) in [6, 6.07) is 0. The van der Waals surface area contributed by atoms with Crippen molar-refractivity contribution in [2.45, 2.75) is 19.5 Å². The maximum atomic E-state index is 11.7. The predicted octanol–water partition coefficient (Wildman–Crippen LogP) is 2.66. The van der Waals surface area contributed by atoms with E-state index in [0.29, 0.717) is 6.54 Å². The molecule has 0 fully saturated rings. The third-order valence-electron chi connectivity index (χ3n) is 1.43. The lowest BCUT2D eigenvalue weighted by Gasteiger charge is -2.02. The lowest BCUT2D eigenvalue weighted by Crippen LogP contribution is -2.09. The minimum atomic E-state index is -4.10. The molecule has 0 aromatic heterocycles. The van der Waals surface area contributed by atoms with Crippen LogP contribution < -0.4 is 5.32 Å². The van der Waals surface area contributed by atoms with E-state index in [-0.39, 0.29) is 0 Å². The second kappa shape index (κ2) is 5.80. The van der Waals surface area contributed by atoms with Gasteiger partial charge in [-0.05, 0) is 19.5 Å². The average molecular weight is 193 g/mol. The van der Waals surface area contributed by atoms with Crippen LogP contribution in [0.25, 0.3) is 0 Å². The second-order valence-corrected chi connectivity index (χ2v) is 2.62. The van der Waals surface area contributed by atoms with Crippen molar-refractivity contribution in [1.29, 1.82) is 0 Å². The van der Waals surface area contributed by atoms with Gasteiger partial charge in [0.15, 0.2) is 0 Å². The Morgan fingerprint density at radius 3 is 2.38 bits per heavy atom. The number of hydrogen-bond donors (Lipinski definition) is 1. The Bertz CT molecular complexity index is 192. The van der Waals surface area contributed by atoms with Gasteiger partial charge in [0.05, 0.1) is 6.42 Å². The first kappa shape index (κ1) is 12.2. The van der Waals surface area contributed by atoms with Gasteiger partial charge in [0, 0.05) is 6.54 Å². The molecule has 0 amide bonds. The largest absolute Gasteiger partial charge is 0.392 e. The molecule has 0 spiro atoms. The Morgan fingerprint density at radius 1 is 1.38 bits per heavy atom. The molecule has 76 valence electrons. The first-order chi connectivity index (χ1) is 5.99. The molecule has 0 aliphatic heterocycles. The highest BCUT2D eigenvalue weighted by molar-refractivity contribution is 5.19. The van der Waals surface area contributed by atoms with Gasteiger partial charge < -0.3 is 5.32 Å². The summed E-state index contributed by atoms with van der Waals surface area (Å²) >= 11 is 0. The van der Waals surface area contributed by atoms with Crippen LogP contribution in [-0.4, -0.2) is 19.8 Å². The summed E-state index contributed by atoms with van der Waals surface area (Å²) in [6.07, 6.45) is -0.566. The number of halogens is 3. The van der Waals surface area contributed by atoms with Crippen molar-refractivity contribution in [3.63, 3.8) is 0 Å². The summed E-state index contributed by atoms with van der Waals surface area (Å²) in [5, 5.41) is 2.87. The van der Waals surface area contributed by atoms with Crippen LogP contribution in [0.3, 0.4) is 0 Å². The lowest BCUT2D eigenvalue weighted by molar-refractivity contribution is -0.125. The zero-order valence-corrected chi connectivity index (χ0v) is 7.78. The fraction of sp³-hybridized carbons (Fsp3) is 0.556. The van der Waals surface area contributed by atoms with Gasteiger partial charge in [-0.3, -0.25) is 0 Å². The van der Waals surface area contributed by atoms with E-state index < -0.39 is 12.6 Å². The molecule has 0 aromatic rings. The SMILES string of the molecule is C/C=C(\C=C/CC(F)(F)F)CNC. The van der Waals surface area contributed by atoms with Crippen LogP contribution in [0.4, 0.5) is 13.2 Å². The minimum absolute atomic E-state index is 0.588. The third-order valence-corrected chi connectivity index (χ3v) is 1.43. The van der Waals surface area contributed by atoms with Gasteiger partial charge in [-0.1, -0.05) is 18.2 Å². The van der Waals surface area contributed by atoms with E-state index in [4.69, 9.17) is 0 Å². The fourth-order valence-electron chi connectivity index (χ4n) is 0.805. The quantitative estimate of drug-likeness (QED) is 0.677. The van der Waals surface area contributed by atoms with E-state index in [2.05, 4.69) is 5.32 Å². The van der Waals surface area contributed by atoms with Crippen LogP contribution in [0.1, 0.15) is 13.3 Å². The molecule has 0 saturated carbocycles. The standard InChI is InChI=1S/C9H14F3N/c1-3-8(7-13-2)5-4-6-9(10,11)12/h3-5,13H,6-7H2,1-2H3/b5-4-,8-3+. The van der Waals surface area contributed by atoms with Gasteiger partial charge in [-0.15, -0.1) is 0 Å². The van der Waals surface area contributed by atoms with Crippen LogP contribution in [0, 0.1) is 0 Å². The van der Waals surface area contributed by atoms with Crippen molar-refractivity contribution in [2.24, 2.45) is 0 Å². The van der Waals surface area contributed by atoms with Crippen molar-refractivity contribution in [3.05, 3.63) is 23.8 Å². The monoisotopic (exact) mass is 193 g/mol. The highest BCUT2D eigenvalue weighted by Gasteiger charge is 2.24. The molecule has 0 bridgehead atoms. The van der Waals surface area contributed by atoms with Gasteiger partial charge in [0.1, 0.15) is 0 Å². The fourth-order valence-corrected chi connectivity index (χ4v) is 0.805. The maximum Gasteiger partial charge on any atom is 0.392 e. The molecule has 0 heterocycles. The van der Waals surface area contributed by atoms with Crippen LogP contribution in [0.2, 0.25) is 0 Å². The zero-order chi connectivity index (χ0) is 10.3. The molecule has 1 N–H and O–H groups in total. The Hall–Kier alpha value is -0.770. The summed E-state index contributed by atoms with van der Waals surface area (Å²) in [5.41, 5.74) is 0.853. The number of alkyl halides is 3. The highest BCUT2D eigenvalue weighted by atomic mass is 19.4. The second-order valence-electron chi connectivity index (χ2n) is 2.62. The Labute approximate surface area is 76.3 Å². The summed E-state index contributed by atoms with van der Waals surface area (Å²) in [6.45, 7) is 2.38. The molecule has 0 radical (unpaired) electrons. The van der Waals surface area contributed by atoms with E-state index >= 15 is 0 Å². The predicted molar refractivity (Wildman–Crippen MR) is 47.5 cm³/mol. The first-order valence-corrected chi connectivity index (χ1v) is 4.02. The molecule has 0 rings (SSSR count). The number of hydrogen-bond acceptors (Lipinski definition) is 1. The van der Waals surface area contributed by atoms with E-state index in [1.807, 2.05) is 0 Å². The number of nitrogens with one attached hydrogen (secondary N) is 1. The normalized spacial score (nSPS) is 14.1. The molecule has 13 heavy (non-hydrogen) atoms. The highest BCUT2D eigenvalue weighted by Crippen LogP contribution is 2.19. The van der Waals surface area contributed by atoms with Gasteiger partial charge in [-0.2, -0.15) is 13.2 Å². The smallest absolute Gasteiger partial charge is 0.316 e. The van der Waals surface area contributed by atoms with Crippen molar-refractivity contribution < 1.29 is 13.2 Å². The Balaban J connectivity index is 3.95. The Kier molecular flexibility index (Phi) is 5.46. The summed E-state index contributed by atoms with van der Waals surface area (Å²) in [5.74, 6) is 0. The van der Waals surface area contributed by atoms with Crippen molar-refractivity contribution in [3.8, 4) is 0 Å². The van der Waals surface area contributed by atoms with E-state index in [1.54, 1.807) is 20.0 Å². The molecule has 1 nitrogen and oxygen atoms in total. The van der Waals surface area contributed by atoms with E-state index in [0.717, 1.165) is 11.6 Å². The van der Waals surface area contributed by atoms with Crippen molar-refractivity contribution in [2.75, 3.05) is 13.6 Å². The molecule has 0 unspecified atom stereocenters. The molecule has 0 atom stereocenters. The zero-order valence-electron chi connectivity index (χ0n) is 7.78. The van der Waals surface area contributed by atoms with E-state index in [9.17, 15) is 13.2 Å². The van der Waals surface area contributed by atoms with Gasteiger partial charge in [0.2, 0.25) is 0 Å². The molecule has 0 aliphatic rings. The number of likely N-dealkylation sites (N-methyl/N-ethyl adjacent to an activating group) is 1. The first-order valence-electron chi connectivity index (χ1n) is 4.02. The Morgan fingerprint density at radius 2 is 2.00 bits per heavy atom. The summed E-state index contributed by atoms with van der Waals surface area (Å²) in [7, 11) is 1.75. The molecule has 4 heteroatoms. The summed E-state index contributed by atoms with van der Waals surface area (Å²) in [4.78, 5) is 0. The lowest BCUT2D eigenvalue weighted by atomic mass is 10.2. The molecule has 0 saturated heterocycles. The van der Waals surface area contributed by atoms with Gasteiger partial charge in [0.25, 0.3) is 0 Å². The van der Waals surface area contributed by atoms with Crippen LogP contribution in [0.15, 0.2) is 23.8 Å². The third kappa shape index (κ3) is 7.59. The van der Waals surface area contributed by atoms with Gasteiger partial charge in [-0.25, -0.2) is 0 Å². The number of allylic oxidation sites excluding steroid dienone is 2. The molecule has 0 aromatic carbocycles. The van der Waals surface area contributed by atoms with Crippen LogP contribution >= 0.6 is 0 Å². The van der Waals surface area contributed by atoms with Crippen LogP contribution in [0.5, 0.6) is 0 Å². The van der Waals surface area contributed by atoms with Gasteiger partial charge >= 0.3 is 6.18 Å². The number of rotatable bonds is 4.